The summed E-state index contributed by atoms with van der Waals surface area (Å²) in [6.45, 7) is 0.494. The molecule has 0 heterocycles. The van der Waals surface area contributed by atoms with Crippen LogP contribution < -0.4 is 56.5 Å². The van der Waals surface area contributed by atoms with Gasteiger partial charge in [-0.3, -0.25) is 0 Å². The van der Waals surface area contributed by atoms with Crippen LogP contribution in [0.4, 0.5) is 0 Å². The summed E-state index contributed by atoms with van der Waals surface area (Å²) in [6.07, 6.45) is 0.632. The molecule has 0 spiro atoms. The second kappa shape index (κ2) is 9.07. The first-order valence-electron chi connectivity index (χ1n) is 2.46. The zero-order valence-electron chi connectivity index (χ0n) is 5.85. The van der Waals surface area contributed by atoms with Gasteiger partial charge in [-0.2, -0.15) is 0 Å². The molecule has 0 unspecified atom stereocenters. The minimum atomic E-state index is -1.01. The van der Waals surface area contributed by atoms with Crippen molar-refractivity contribution in [2.45, 2.75) is 12.8 Å². The molecule has 4 heteroatoms. The molecule has 0 N–H and O–H groups in total. The molecule has 0 aliphatic heterocycles. The molecule has 0 saturated heterocycles. The van der Waals surface area contributed by atoms with Crippen LogP contribution >= 0.6 is 0 Å². The fraction of sp³-hybridized carbons (Fsp3) is 0.800. The van der Waals surface area contributed by atoms with Gasteiger partial charge < -0.3 is 14.6 Å². The number of carbonyl (C=O) groups is 1. The van der Waals surface area contributed by atoms with Gasteiger partial charge in [0, 0.05) is 19.7 Å². The first-order chi connectivity index (χ1) is 3.77. The van der Waals surface area contributed by atoms with Crippen LogP contribution in [0, 0.1) is 0 Å². The van der Waals surface area contributed by atoms with Gasteiger partial charge in [-0.1, -0.05) is 0 Å². The van der Waals surface area contributed by atoms with Gasteiger partial charge in [-0.25, -0.2) is 0 Å². The number of carboxylic acid groups (broad SMARTS) is 1. The zero-order chi connectivity index (χ0) is 6.41. The zero-order valence-corrected chi connectivity index (χ0v) is 8.97. The third kappa shape index (κ3) is 12.3. The van der Waals surface area contributed by atoms with Crippen molar-refractivity contribution >= 4 is 5.97 Å². The largest absolute Gasteiger partial charge is 1.00 e. The Labute approximate surface area is 97.2 Å². The van der Waals surface area contributed by atoms with Gasteiger partial charge >= 0.3 is 51.4 Å². The van der Waals surface area contributed by atoms with Crippen LogP contribution in [0.5, 0.6) is 0 Å². The summed E-state index contributed by atoms with van der Waals surface area (Å²) < 4.78 is 4.60. The van der Waals surface area contributed by atoms with E-state index in [9.17, 15) is 9.90 Å². The van der Waals surface area contributed by atoms with Crippen molar-refractivity contribution in [2.75, 3.05) is 13.7 Å². The van der Waals surface area contributed by atoms with Crippen LogP contribution in [0.1, 0.15) is 12.8 Å². The number of hydrogen-bond donors (Lipinski definition) is 0. The van der Waals surface area contributed by atoms with Gasteiger partial charge in [0.25, 0.3) is 0 Å². The molecule has 0 aliphatic rings. The maximum Gasteiger partial charge on any atom is 1.00 e. The van der Waals surface area contributed by atoms with Gasteiger partial charge in [0.05, 0.1) is 0 Å². The molecule has 0 rings (SSSR count). The van der Waals surface area contributed by atoms with E-state index in [1.807, 2.05) is 0 Å². The predicted molar refractivity (Wildman–Crippen MR) is 26.1 cm³/mol. The van der Waals surface area contributed by atoms with E-state index in [1.54, 1.807) is 0 Å². The van der Waals surface area contributed by atoms with Crippen LogP contribution in [0.15, 0.2) is 0 Å². The number of aliphatic carboxylic acids is 1. The Kier molecular flexibility index (Phi) is 12.8. The van der Waals surface area contributed by atoms with Crippen molar-refractivity contribution in [2.24, 2.45) is 0 Å². The average molecular weight is 156 g/mol. The summed E-state index contributed by atoms with van der Waals surface area (Å²) in [7, 11) is 1.54. The van der Waals surface area contributed by atoms with E-state index in [1.165, 1.54) is 7.11 Å². The fourth-order valence-corrected chi connectivity index (χ4v) is 0.361. The molecule has 9 heavy (non-hydrogen) atoms. The summed E-state index contributed by atoms with van der Waals surface area (Å²) in [6, 6.07) is 0. The number of rotatable bonds is 4. The van der Waals surface area contributed by atoms with Crippen molar-refractivity contribution < 1.29 is 66.0 Å². The van der Waals surface area contributed by atoms with Crippen molar-refractivity contribution in [3.8, 4) is 0 Å². The Balaban J connectivity index is 0. The summed E-state index contributed by atoms with van der Waals surface area (Å²) in [4.78, 5) is 9.71. The van der Waals surface area contributed by atoms with Crippen LogP contribution in [0.2, 0.25) is 0 Å². The third-order valence-corrected chi connectivity index (χ3v) is 0.729. The number of methoxy groups -OCH3 is 1. The van der Waals surface area contributed by atoms with E-state index >= 15 is 0 Å². The number of hydrogen-bond acceptors (Lipinski definition) is 3. The molecule has 0 aromatic carbocycles. The second-order valence-corrected chi connectivity index (χ2v) is 1.47. The molecule has 0 bridgehead atoms. The minimum absolute atomic E-state index is 0. The van der Waals surface area contributed by atoms with E-state index in [0.717, 1.165) is 0 Å². The molecule has 0 saturated carbocycles. The smallest absolute Gasteiger partial charge is 0.550 e. The Morgan fingerprint density at radius 3 is 2.56 bits per heavy atom. The first kappa shape index (κ1) is 12.7. The number of ether oxygens (including phenoxy) is 1. The summed E-state index contributed by atoms with van der Waals surface area (Å²) in [5.74, 6) is -1.01. The molecule has 0 fully saturated rings. The molecular weight excluding hydrogens is 147 g/mol. The topological polar surface area (TPSA) is 49.4 Å². The van der Waals surface area contributed by atoms with Gasteiger partial charge in [0.1, 0.15) is 0 Å². The first-order valence-corrected chi connectivity index (χ1v) is 2.46. The molecule has 0 aromatic heterocycles. The minimum Gasteiger partial charge on any atom is -0.550 e. The van der Waals surface area contributed by atoms with E-state index < -0.39 is 5.97 Å². The molecule has 0 aromatic rings. The SMILES string of the molecule is COCCCC(=O)[O-].[K+]. The van der Waals surface area contributed by atoms with Gasteiger partial charge in [-0.15, -0.1) is 0 Å². The van der Waals surface area contributed by atoms with Crippen LogP contribution in [-0.2, 0) is 9.53 Å². The van der Waals surface area contributed by atoms with Crippen molar-refractivity contribution in [1.29, 1.82) is 0 Å². The monoisotopic (exact) mass is 156 g/mol. The normalized spacial score (nSPS) is 8.11. The standard InChI is InChI=1S/C5H10O3.K/c1-8-4-2-3-5(6)7;/h2-4H2,1H3,(H,6,7);/q;+1/p-1. The summed E-state index contributed by atoms with van der Waals surface area (Å²) in [5.41, 5.74) is 0. The fourth-order valence-electron chi connectivity index (χ4n) is 0.361. The van der Waals surface area contributed by atoms with Crippen molar-refractivity contribution in [3.63, 3.8) is 0 Å². The summed E-state index contributed by atoms with van der Waals surface area (Å²) in [5, 5.41) is 9.71. The number of carbonyl (C=O) groups excluding carboxylic acids is 1. The van der Waals surface area contributed by atoms with Gasteiger partial charge in [0.2, 0.25) is 0 Å². The Bertz CT molecular complexity index is 74.6. The number of carboxylic acids is 1. The van der Waals surface area contributed by atoms with E-state index in [0.29, 0.717) is 13.0 Å². The summed E-state index contributed by atoms with van der Waals surface area (Å²) >= 11 is 0. The Morgan fingerprint density at radius 1 is 1.67 bits per heavy atom. The molecule has 0 amide bonds. The van der Waals surface area contributed by atoms with Gasteiger partial charge in [0.15, 0.2) is 0 Å². The van der Waals surface area contributed by atoms with Crippen LogP contribution in [0.3, 0.4) is 0 Å². The quantitative estimate of drug-likeness (QED) is 0.309. The maximum atomic E-state index is 9.71. The van der Waals surface area contributed by atoms with Crippen LogP contribution in [-0.4, -0.2) is 19.7 Å². The molecule has 48 valence electrons. The Hall–Kier alpha value is 1.07. The van der Waals surface area contributed by atoms with E-state index in [4.69, 9.17) is 0 Å². The van der Waals surface area contributed by atoms with E-state index in [2.05, 4.69) is 4.74 Å². The Morgan fingerprint density at radius 2 is 2.22 bits per heavy atom. The molecule has 0 aliphatic carbocycles. The molecule has 0 atom stereocenters. The van der Waals surface area contributed by atoms with Gasteiger partial charge in [-0.05, 0) is 12.8 Å². The van der Waals surface area contributed by atoms with Crippen molar-refractivity contribution in [1.82, 2.24) is 0 Å². The van der Waals surface area contributed by atoms with Crippen molar-refractivity contribution in [3.05, 3.63) is 0 Å². The molecule has 3 nitrogen and oxygen atoms in total. The average Bonchev–Trinajstić information content (AvgIpc) is 1.66. The molecule has 0 radical (unpaired) electrons. The second-order valence-electron chi connectivity index (χ2n) is 1.47. The molecular formula is C5H9KO3. The maximum absolute atomic E-state index is 9.71. The predicted octanol–water partition coefficient (Wildman–Crippen LogP) is -3.83. The van der Waals surface area contributed by atoms with E-state index in [-0.39, 0.29) is 57.8 Å². The van der Waals surface area contributed by atoms with Crippen LogP contribution in [0.25, 0.3) is 0 Å². The third-order valence-electron chi connectivity index (χ3n) is 0.729.